The quantitative estimate of drug-likeness (QED) is 0.803. The number of nitrogens with zero attached hydrogens (tertiary/aromatic N) is 1. The highest BCUT2D eigenvalue weighted by molar-refractivity contribution is 5.79. The van der Waals surface area contributed by atoms with Gasteiger partial charge in [-0.05, 0) is 44.4 Å². The van der Waals surface area contributed by atoms with Gasteiger partial charge < -0.3 is 14.8 Å². The number of nitrogens with one attached hydrogen (secondary N) is 1. The van der Waals surface area contributed by atoms with E-state index in [1.807, 2.05) is 0 Å². The van der Waals surface area contributed by atoms with E-state index in [0.29, 0.717) is 12.5 Å². The molecule has 28 heavy (non-hydrogen) atoms. The van der Waals surface area contributed by atoms with E-state index in [1.54, 1.807) is 0 Å². The van der Waals surface area contributed by atoms with Crippen molar-refractivity contribution in [2.75, 3.05) is 6.54 Å². The van der Waals surface area contributed by atoms with Gasteiger partial charge in [0.2, 0.25) is 5.91 Å². The van der Waals surface area contributed by atoms with Crippen LogP contribution in [0.25, 0.3) is 0 Å². The molecule has 1 spiro atoms. The summed E-state index contributed by atoms with van der Waals surface area (Å²) in [7, 11) is 0. The predicted octanol–water partition coefficient (Wildman–Crippen LogP) is 3.50. The number of carboxylic acid groups (broad SMARTS) is 1. The minimum absolute atomic E-state index is 0.00423. The molecular formula is C19H27F3N2O4. The number of aliphatic carboxylic acids is 1. The first-order valence-corrected chi connectivity index (χ1v) is 9.54. The van der Waals surface area contributed by atoms with E-state index in [2.05, 4.69) is 36.2 Å². The Morgan fingerprint density at radius 1 is 1.32 bits per heavy atom. The van der Waals surface area contributed by atoms with Gasteiger partial charge in [-0.1, -0.05) is 13.8 Å². The molecule has 2 saturated heterocycles. The molecule has 0 radical (unpaired) electrons. The lowest BCUT2D eigenvalue weighted by Crippen LogP contribution is -2.61. The van der Waals surface area contributed by atoms with Gasteiger partial charge in [0.05, 0.1) is 12.1 Å². The van der Waals surface area contributed by atoms with E-state index in [0.717, 1.165) is 56.7 Å². The Morgan fingerprint density at radius 2 is 1.96 bits per heavy atom. The first-order valence-electron chi connectivity index (χ1n) is 9.54. The van der Waals surface area contributed by atoms with E-state index in [1.165, 1.54) is 0 Å². The van der Waals surface area contributed by atoms with Gasteiger partial charge >= 0.3 is 12.1 Å². The summed E-state index contributed by atoms with van der Waals surface area (Å²) < 4.78 is 37.6. The van der Waals surface area contributed by atoms with Crippen LogP contribution in [0.5, 0.6) is 0 Å². The standard InChI is InChI=1S/C17H26N2O2.C2HF3O2/c1-3-13-6-7-14(21-13)12-19-11-5-9-17(15(19)4-2)10-8-16(20)18-17;3-2(4,5)1(6)7/h6-7,15H,3-5,8-12H2,1-2H3,(H,18,20);(H,6,7)/t15-,17+;/m1./s1. The highest BCUT2D eigenvalue weighted by Gasteiger charge is 2.47. The molecule has 0 bridgehead atoms. The van der Waals surface area contributed by atoms with E-state index in [4.69, 9.17) is 14.3 Å². The number of carboxylic acids is 1. The van der Waals surface area contributed by atoms with Crippen molar-refractivity contribution in [3.63, 3.8) is 0 Å². The number of amides is 1. The van der Waals surface area contributed by atoms with Crippen molar-refractivity contribution in [2.24, 2.45) is 0 Å². The average molecular weight is 404 g/mol. The minimum atomic E-state index is -5.08. The molecule has 0 unspecified atom stereocenters. The smallest absolute Gasteiger partial charge is 0.475 e. The number of rotatable bonds is 4. The molecule has 0 aliphatic carbocycles. The first kappa shape index (κ1) is 22.3. The fourth-order valence-electron chi connectivity index (χ4n) is 4.18. The summed E-state index contributed by atoms with van der Waals surface area (Å²) in [5.41, 5.74) is 0.00423. The van der Waals surface area contributed by atoms with Gasteiger partial charge in [0.15, 0.2) is 0 Å². The summed E-state index contributed by atoms with van der Waals surface area (Å²) in [5, 5.41) is 10.4. The Hall–Kier alpha value is -2.03. The number of carbonyl (C=O) groups is 2. The Labute approximate surface area is 162 Å². The van der Waals surface area contributed by atoms with Crippen molar-refractivity contribution in [1.29, 1.82) is 0 Å². The SMILES string of the molecule is CCc1ccc(CN2CCC[C@]3(CCC(=O)N3)[C@H]2CC)o1.O=C(O)C(F)(F)F. The summed E-state index contributed by atoms with van der Waals surface area (Å²) in [4.78, 5) is 23.1. The van der Waals surface area contributed by atoms with Gasteiger partial charge in [0.1, 0.15) is 11.5 Å². The van der Waals surface area contributed by atoms with Gasteiger partial charge in [0, 0.05) is 18.9 Å². The molecule has 2 aliphatic rings. The molecule has 9 heteroatoms. The van der Waals surface area contributed by atoms with Gasteiger partial charge in [0.25, 0.3) is 0 Å². The second kappa shape index (κ2) is 8.98. The number of hydrogen-bond donors (Lipinski definition) is 2. The second-order valence-corrected chi connectivity index (χ2v) is 7.23. The van der Waals surface area contributed by atoms with E-state index in [-0.39, 0.29) is 11.4 Å². The molecule has 3 rings (SSSR count). The van der Waals surface area contributed by atoms with Gasteiger partial charge in [-0.3, -0.25) is 9.69 Å². The van der Waals surface area contributed by atoms with Crippen LogP contribution in [0, 0.1) is 0 Å². The van der Waals surface area contributed by atoms with Crippen LogP contribution < -0.4 is 5.32 Å². The summed E-state index contributed by atoms with van der Waals surface area (Å²) in [6.07, 6.45) is 0.868. The number of furan rings is 1. The van der Waals surface area contributed by atoms with Gasteiger partial charge in [-0.15, -0.1) is 0 Å². The van der Waals surface area contributed by atoms with Crippen molar-refractivity contribution in [2.45, 2.75) is 76.7 Å². The number of likely N-dealkylation sites (tertiary alicyclic amines) is 1. The molecule has 1 aromatic rings. The molecule has 2 N–H and O–H groups in total. The highest BCUT2D eigenvalue weighted by Crippen LogP contribution is 2.37. The monoisotopic (exact) mass is 404 g/mol. The van der Waals surface area contributed by atoms with Crippen LogP contribution in [0.15, 0.2) is 16.5 Å². The van der Waals surface area contributed by atoms with Crippen LogP contribution in [0.1, 0.15) is 57.5 Å². The third kappa shape index (κ3) is 5.27. The molecular weight excluding hydrogens is 377 g/mol. The maximum atomic E-state index is 11.7. The molecule has 2 fully saturated rings. The van der Waals surface area contributed by atoms with Crippen molar-refractivity contribution in [1.82, 2.24) is 10.2 Å². The molecule has 2 aliphatic heterocycles. The minimum Gasteiger partial charge on any atom is -0.475 e. The Balaban J connectivity index is 0.000000345. The van der Waals surface area contributed by atoms with E-state index < -0.39 is 12.1 Å². The zero-order valence-corrected chi connectivity index (χ0v) is 16.1. The maximum Gasteiger partial charge on any atom is 0.490 e. The summed E-state index contributed by atoms with van der Waals surface area (Å²) in [5.74, 6) is -0.431. The van der Waals surface area contributed by atoms with Crippen LogP contribution in [0.3, 0.4) is 0 Å². The van der Waals surface area contributed by atoms with Crippen molar-refractivity contribution >= 4 is 11.9 Å². The van der Waals surface area contributed by atoms with Gasteiger partial charge in [-0.2, -0.15) is 13.2 Å². The fraction of sp³-hybridized carbons (Fsp3) is 0.684. The fourth-order valence-corrected chi connectivity index (χ4v) is 4.18. The Morgan fingerprint density at radius 3 is 2.43 bits per heavy atom. The summed E-state index contributed by atoms with van der Waals surface area (Å²) in [6, 6.07) is 4.60. The maximum absolute atomic E-state index is 11.7. The van der Waals surface area contributed by atoms with E-state index >= 15 is 0 Å². The molecule has 1 aromatic heterocycles. The molecule has 6 nitrogen and oxygen atoms in total. The normalized spacial score (nSPS) is 25.3. The van der Waals surface area contributed by atoms with Crippen molar-refractivity contribution < 1.29 is 32.3 Å². The topological polar surface area (TPSA) is 82.8 Å². The molecule has 2 atom stereocenters. The average Bonchev–Trinajstić information content (AvgIpc) is 3.22. The lowest BCUT2D eigenvalue weighted by molar-refractivity contribution is -0.192. The van der Waals surface area contributed by atoms with Crippen LogP contribution in [-0.2, 0) is 22.6 Å². The number of alkyl halides is 3. The van der Waals surface area contributed by atoms with E-state index in [9.17, 15) is 18.0 Å². The Bertz CT molecular complexity index is 689. The third-order valence-corrected chi connectivity index (χ3v) is 5.39. The van der Waals surface area contributed by atoms with Crippen LogP contribution in [-0.4, -0.2) is 46.2 Å². The number of hydrogen-bond acceptors (Lipinski definition) is 4. The zero-order valence-electron chi connectivity index (χ0n) is 16.1. The molecule has 158 valence electrons. The highest BCUT2D eigenvalue weighted by atomic mass is 19.4. The number of carbonyl (C=O) groups excluding carboxylic acids is 1. The van der Waals surface area contributed by atoms with Crippen LogP contribution in [0.2, 0.25) is 0 Å². The molecule has 0 saturated carbocycles. The first-order chi connectivity index (χ1) is 13.1. The lowest BCUT2D eigenvalue weighted by Gasteiger charge is -2.47. The molecule has 0 aromatic carbocycles. The second-order valence-electron chi connectivity index (χ2n) is 7.23. The largest absolute Gasteiger partial charge is 0.490 e. The molecule has 3 heterocycles. The summed E-state index contributed by atoms with van der Waals surface area (Å²) in [6.45, 7) is 6.30. The summed E-state index contributed by atoms with van der Waals surface area (Å²) >= 11 is 0. The lowest BCUT2D eigenvalue weighted by atomic mass is 9.78. The van der Waals surface area contributed by atoms with Crippen molar-refractivity contribution in [3.8, 4) is 0 Å². The zero-order chi connectivity index (χ0) is 20.9. The van der Waals surface area contributed by atoms with Crippen molar-refractivity contribution in [3.05, 3.63) is 23.7 Å². The number of aryl methyl sites for hydroxylation is 1. The Kier molecular flexibility index (Phi) is 7.14. The number of halogens is 3. The number of piperidine rings is 1. The predicted molar refractivity (Wildman–Crippen MR) is 95.6 cm³/mol. The van der Waals surface area contributed by atoms with Crippen LogP contribution >= 0.6 is 0 Å². The van der Waals surface area contributed by atoms with Crippen LogP contribution in [0.4, 0.5) is 13.2 Å². The third-order valence-electron chi connectivity index (χ3n) is 5.39. The molecule has 1 amide bonds. The van der Waals surface area contributed by atoms with Gasteiger partial charge in [-0.25, -0.2) is 4.79 Å².